The first-order valence-corrected chi connectivity index (χ1v) is 4.81. The number of benzene rings is 1. The lowest BCUT2D eigenvalue weighted by Crippen LogP contribution is -1.98. The van der Waals surface area contributed by atoms with E-state index < -0.39 is 0 Å². The molecule has 0 bridgehead atoms. The molecule has 0 unspecified atom stereocenters. The molecule has 0 radical (unpaired) electrons. The Kier molecular flexibility index (Phi) is 3.87. The van der Waals surface area contributed by atoms with Crippen LogP contribution in [0.5, 0.6) is 0 Å². The first-order chi connectivity index (χ1) is 6.77. The molecule has 0 aliphatic heterocycles. The Morgan fingerprint density at radius 1 is 1.36 bits per heavy atom. The molecule has 0 saturated heterocycles. The summed E-state index contributed by atoms with van der Waals surface area (Å²) in [5.41, 5.74) is 1.30. The third kappa shape index (κ3) is 2.70. The molecule has 0 fully saturated rings. The summed E-state index contributed by atoms with van der Waals surface area (Å²) in [5.74, 6) is 0.163. The second kappa shape index (κ2) is 5.18. The number of hydrogen-bond acceptors (Lipinski definition) is 2. The molecular formula is C12H13NO. The number of Topliss-reactive ketones (excluding diaryl/α,β-unsaturated/α-hetero) is 1. The smallest absolute Gasteiger partial charge is 0.162 e. The Bertz CT molecular complexity index is 346. The molecule has 0 heterocycles. The topological polar surface area (TPSA) is 40.9 Å². The first-order valence-electron chi connectivity index (χ1n) is 4.81. The molecule has 1 aromatic rings. The van der Waals surface area contributed by atoms with E-state index in [9.17, 15) is 4.79 Å². The largest absolute Gasteiger partial charge is 0.294 e. The second-order valence-electron chi connectivity index (χ2n) is 3.22. The van der Waals surface area contributed by atoms with Gasteiger partial charge in [-0.15, -0.1) is 0 Å². The lowest BCUT2D eigenvalue weighted by Gasteiger charge is -1.99. The van der Waals surface area contributed by atoms with Gasteiger partial charge in [0.2, 0.25) is 0 Å². The summed E-state index contributed by atoms with van der Waals surface area (Å²) in [6.07, 6.45) is 2.56. The normalized spacial score (nSPS) is 9.43. The number of carbonyl (C=O) groups excluding carboxylic acids is 1. The quantitative estimate of drug-likeness (QED) is 0.680. The molecule has 0 atom stereocenters. The molecule has 0 aliphatic carbocycles. The van der Waals surface area contributed by atoms with Gasteiger partial charge in [-0.3, -0.25) is 4.79 Å². The molecule has 1 aromatic carbocycles. The van der Waals surface area contributed by atoms with Crippen molar-refractivity contribution < 1.29 is 4.79 Å². The molecule has 2 nitrogen and oxygen atoms in total. The van der Waals surface area contributed by atoms with Gasteiger partial charge < -0.3 is 0 Å². The van der Waals surface area contributed by atoms with Gasteiger partial charge in [0, 0.05) is 12.0 Å². The maximum atomic E-state index is 11.5. The number of nitriles is 1. The van der Waals surface area contributed by atoms with E-state index in [0.29, 0.717) is 17.5 Å². The van der Waals surface area contributed by atoms with Crippen LogP contribution in [-0.2, 0) is 0 Å². The molecule has 72 valence electrons. The Balaban J connectivity index is 2.68. The lowest BCUT2D eigenvalue weighted by molar-refractivity contribution is 0.0980. The van der Waals surface area contributed by atoms with Gasteiger partial charge in [-0.25, -0.2) is 0 Å². The summed E-state index contributed by atoms with van der Waals surface area (Å²) in [6, 6.07) is 8.82. The predicted octanol–water partition coefficient (Wildman–Crippen LogP) is 2.93. The summed E-state index contributed by atoms with van der Waals surface area (Å²) in [7, 11) is 0. The van der Waals surface area contributed by atoms with Gasteiger partial charge in [0.25, 0.3) is 0 Å². The van der Waals surface area contributed by atoms with Crippen molar-refractivity contribution in [2.75, 3.05) is 0 Å². The minimum Gasteiger partial charge on any atom is -0.294 e. The van der Waals surface area contributed by atoms with Crippen molar-refractivity contribution in [2.45, 2.75) is 26.2 Å². The molecule has 1 rings (SSSR count). The van der Waals surface area contributed by atoms with Gasteiger partial charge in [-0.1, -0.05) is 25.5 Å². The van der Waals surface area contributed by atoms with Crippen molar-refractivity contribution >= 4 is 5.78 Å². The van der Waals surface area contributed by atoms with Crippen LogP contribution in [0.15, 0.2) is 24.3 Å². The molecule has 0 amide bonds. The Morgan fingerprint density at radius 3 is 2.50 bits per heavy atom. The SMILES string of the molecule is CCCCC(=O)c1ccc(C#N)cc1. The average Bonchev–Trinajstić information content (AvgIpc) is 2.26. The van der Waals surface area contributed by atoms with E-state index >= 15 is 0 Å². The van der Waals surface area contributed by atoms with E-state index in [0.717, 1.165) is 12.8 Å². The Labute approximate surface area is 84.2 Å². The van der Waals surface area contributed by atoms with Crippen LogP contribution in [0.3, 0.4) is 0 Å². The molecule has 0 aliphatic rings. The molecule has 2 heteroatoms. The average molecular weight is 187 g/mol. The van der Waals surface area contributed by atoms with E-state index in [-0.39, 0.29) is 5.78 Å². The van der Waals surface area contributed by atoms with Crippen molar-refractivity contribution in [2.24, 2.45) is 0 Å². The Morgan fingerprint density at radius 2 is 2.00 bits per heavy atom. The molecular weight excluding hydrogens is 174 g/mol. The summed E-state index contributed by atoms with van der Waals surface area (Å²) >= 11 is 0. The standard InChI is InChI=1S/C12H13NO/c1-2-3-4-12(14)11-7-5-10(9-13)6-8-11/h5-8H,2-4H2,1H3. The number of ketones is 1. The van der Waals surface area contributed by atoms with Crippen LogP contribution in [0, 0.1) is 11.3 Å². The van der Waals surface area contributed by atoms with Crippen LogP contribution < -0.4 is 0 Å². The third-order valence-corrected chi connectivity index (χ3v) is 2.09. The van der Waals surface area contributed by atoms with Crippen molar-refractivity contribution in [1.82, 2.24) is 0 Å². The van der Waals surface area contributed by atoms with E-state index in [1.54, 1.807) is 24.3 Å². The summed E-state index contributed by atoms with van der Waals surface area (Å²) in [6.45, 7) is 2.06. The van der Waals surface area contributed by atoms with E-state index in [2.05, 4.69) is 6.92 Å². The minimum absolute atomic E-state index is 0.163. The van der Waals surface area contributed by atoms with E-state index in [4.69, 9.17) is 5.26 Å². The first kappa shape index (κ1) is 10.5. The van der Waals surface area contributed by atoms with Crippen molar-refractivity contribution in [1.29, 1.82) is 5.26 Å². The van der Waals surface area contributed by atoms with Crippen LogP contribution in [0.1, 0.15) is 42.1 Å². The highest BCUT2D eigenvalue weighted by Crippen LogP contribution is 2.08. The van der Waals surface area contributed by atoms with Gasteiger partial charge >= 0.3 is 0 Å². The van der Waals surface area contributed by atoms with Crippen molar-refractivity contribution in [3.05, 3.63) is 35.4 Å². The lowest BCUT2D eigenvalue weighted by atomic mass is 10.0. The Hall–Kier alpha value is -1.62. The highest BCUT2D eigenvalue weighted by atomic mass is 16.1. The molecule has 0 N–H and O–H groups in total. The predicted molar refractivity (Wildman–Crippen MR) is 55.0 cm³/mol. The highest BCUT2D eigenvalue weighted by molar-refractivity contribution is 5.96. The fourth-order valence-electron chi connectivity index (χ4n) is 1.21. The maximum absolute atomic E-state index is 11.5. The fourth-order valence-corrected chi connectivity index (χ4v) is 1.21. The zero-order valence-electron chi connectivity index (χ0n) is 8.29. The van der Waals surface area contributed by atoms with Crippen LogP contribution >= 0.6 is 0 Å². The number of carbonyl (C=O) groups is 1. The molecule has 14 heavy (non-hydrogen) atoms. The molecule has 0 aromatic heterocycles. The van der Waals surface area contributed by atoms with Crippen LogP contribution in [-0.4, -0.2) is 5.78 Å². The van der Waals surface area contributed by atoms with E-state index in [1.807, 2.05) is 6.07 Å². The fraction of sp³-hybridized carbons (Fsp3) is 0.333. The number of nitrogens with zero attached hydrogens (tertiary/aromatic N) is 1. The summed E-state index contributed by atoms with van der Waals surface area (Å²) in [5, 5.41) is 8.57. The molecule has 0 saturated carbocycles. The molecule has 0 spiro atoms. The monoisotopic (exact) mass is 187 g/mol. The minimum atomic E-state index is 0.163. The second-order valence-corrected chi connectivity index (χ2v) is 3.22. The van der Waals surface area contributed by atoms with Gasteiger partial charge in [-0.2, -0.15) is 5.26 Å². The van der Waals surface area contributed by atoms with Crippen molar-refractivity contribution in [3.63, 3.8) is 0 Å². The van der Waals surface area contributed by atoms with Gasteiger partial charge in [-0.05, 0) is 18.6 Å². The van der Waals surface area contributed by atoms with Gasteiger partial charge in [0.15, 0.2) is 5.78 Å². The summed E-state index contributed by atoms with van der Waals surface area (Å²) in [4.78, 5) is 11.5. The van der Waals surface area contributed by atoms with Crippen LogP contribution in [0.4, 0.5) is 0 Å². The van der Waals surface area contributed by atoms with Crippen molar-refractivity contribution in [3.8, 4) is 6.07 Å². The third-order valence-electron chi connectivity index (χ3n) is 2.09. The number of rotatable bonds is 4. The number of hydrogen-bond donors (Lipinski definition) is 0. The zero-order valence-corrected chi connectivity index (χ0v) is 8.29. The zero-order chi connectivity index (χ0) is 10.4. The summed E-state index contributed by atoms with van der Waals surface area (Å²) < 4.78 is 0. The maximum Gasteiger partial charge on any atom is 0.162 e. The van der Waals surface area contributed by atoms with Gasteiger partial charge in [0.05, 0.1) is 11.6 Å². The van der Waals surface area contributed by atoms with Gasteiger partial charge in [0.1, 0.15) is 0 Å². The van der Waals surface area contributed by atoms with E-state index in [1.165, 1.54) is 0 Å². The number of unbranched alkanes of at least 4 members (excludes halogenated alkanes) is 1. The highest BCUT2D eigenvalue weighted by Gasteiger charge is 2.04. The van der Waals surface area contributed by atoms with Crippen LogP contribution in [0.2, 0.25) is 0 Å². The van der Waals surface area contributed by atoms with Crippen LogP contribution in [0.25, 0.3) is 0 Å².